The molecule has 32 heavy (non-hydrogen) atoms. The Morgan fingerprint density at radius 2 is 1.88 bits per heavy atom. The number of carbonyl (C=O) groups excluding carboxylic acids is 1. The predicted molar refractivity (Wildman–Crippen MR) is 129 cm³/mol. The van der Waals surface area contributed by atoms with Crippen molar-refractivity contribution < 1.29 is 14.3 Å². The van der Waals surface area contributed by atoms with Crippen LogP contribution in [0.2, 0.25) is 5.02 Å². The van der Waals surface area contributed by atoms with Gasteiger partial charge in [-0.15, -0.1) is 0 Å². The maximum absolute atomic E-state index is 11.6. The summed E-state index contributed by atoms with van der Waals surface area (Å²) in [6, 6.07) is 22.3. The molecule has 0 N–H and O–H groups in total. The fraction of sp³-hybridized carbons (Fsp3) is 0.222. The van der Waals surface area contributed by atoms with Gasteiger partial charge in [0.1, 0.15) is 12.4 Å². The number of esters is 1. The van der Waals surface area contributed by atoms with Gasteiger partial charge < -0.3 is 14.0 Å². The van der Waals surface area contributed by atoms with Gasteiger partial charge in [-0.05, 0) is 60.9 Å². The molecule has 1 aromatic heterocycles. The number of aromatic nitrogens is 1. The molecule has 5 heteroatoms. The highest BCUT2D eigenvalue weighted by molar-refractivity contribution is 6.31. The Morgan fingerprint density at radius 3 is 2.66 bits per heavy atom. The number of hydrogen-bond acceptors (Lipinski definition) is 3. The fourth-order valence-electron chi connectivity index (χ4n) is 3.85. The number of halogens is 1. The van der Waals surface area contributed by atoms with Crippen molar-refractivity contribution in [3.05, 3.63) is 89.1 Å². The maximum Gasteiger partial charge on any atom is 0.305 e. The lowest BCUT2D eigenvalue weighted by molar-refractivity contribution is -0.140. The summed E-state index contributed by atoms with van der Waals surface area (Å²) in [7, 11) is 1.41. The number of hydrogen-bond donors (Lipinski definition) is 0. The predicted octanol–water partition coefficient (Wildman–Crippen LogP) is 6.67. The summed E-state index contributed by atoms with van der Waals surface area (Å²) in [5, 5.41) is 1.87. The summed E-state index contributed by atoms with van der Waals surface area (Å²) in [6.45, 7) is 3.44. The number of methoxy groups -OCH3 is 1. The first-order valence-corrected chi connectivity index (χ1v) is 11.1. The van der Waals surface area contributed by atoms with Crippen molar-refractivity contribution in [2.75, 3.05) is 7.11 Å². The Hall–Kier alpha value is -3.24. The van der Waals surface area contributed by atoms with E-state index in [1.165, 1.54) is 18.0 Å². The first-order valence-electron chi connectivity index (χ1n) is 10.7. The second-order valence-electron chi connectivity index (χ2n) is 7.66. The van der Waals surface area contributed by atoms with E-state index in [1.54, 1.807) is 0 Å². The highest BCUT2D eigenvalue weighted by Crippen LogP contribution is 2.34. The first kappa shape index (κ1) is 22.0. The zero-order chi connectivity index (χ0) is 22.5. The molecule has 164 valence electrons. The molecule has 0 radical (unpaired) electrons. The van der Waals surface area contributed by atoms with E-state index in [2.05, 4.69) is 48.0 Å². The normalized spacial score (nSPS) is 11.0. The number of rotatable bonds is 8. The molecule has 0 saturated carbocycles. The van der Waals surface area contributed by atoms with Crippen molar-refractivity contribution in [1.29, 1.82) is 0 Å². The van der Waals surface area contributed by atoms with Crippen LogP contribution in [0.5, 0.6) is 5.75 Å². The zero-order valence-electron chi connectivity index (χ0n) is 18.3. The highest BCUT2D eigenvalue weighted by atomic mass is 35.5. The van der Waals surface area contributed by atoms with Crippen molar-refractivity contribution in [2.45, 2.75) is 32.9 Å². The van der Waals surface area contributed by atoms with Gasteiger partial charge in [-0.2, -0.15) is 0 Å². The van der Waals surface area contributed by atoms with Gasteiger partial charge in [0.05, 0.1) is 7.11 Å². The third-order valence-corrected chi connectivity index (χ3v) is 6.02. The van der Waals surface area contributed by atoms with E-state index in [9.17, 15) is 4.79 Å². The summed E-state index contributed by atoms with van der Waals surface area (Å²) in [4.78, 5) is 11.6. The number of benzene rings is 3. The summed E-state index contributed by atoms with van der Waals surface area (Å²) in [6.07, 6.45) is 3.06. The Balaban J connectivity index is 1.69. The van der Waals surface area contributed by atoms with Crippen molar-refractivity contribution in [1.82, 2.24) is 4.57 Å². The molecular weight excluding hydrogens is 422 g/mol. The number of carbonyl (C=O) groups is 1. The van der Waals surface area contributed by atoms with Crippen molar-refractivity contribution in [3.63, 3.8) is 0 Å². The quantitative estimate of drug-likeness (QED) is 0.283. The molecule has 4 nitrogen and oxygen atoms in total. The smallest absolute Gasteiger partial charge is 0.305 e. The molecule has 0 atom stereocenters. The average Bonchev–Trinajstić information content (AvgIpc) is 3.24. The first-order chi connectivity index (χ1) is 15.6. The van der Waals surface area contributed by atoms with Crippen LogP contribution in [-0.2, 0) is 29.1 Å². The summed E-state index contributed by atoms with van der Waals surface area (Å²) in [5.74, 6) is 0.564. The standard InChI is InChI=1S/C27H26ClNO3/c1-3-29-15-14-21-17-20(10-11-25(21)29)23-16-19(9-13-27(30)31-2)8-12-26(23)32-18-22-6-4-5-7-24(22)28/h4-8,10-12,14-17H,3,9,13,18H2,1-2H3. The van der Waals surface area contributed by atoms with Gasteiger partial charge in [-0.1, -0.05) is 41.9 Å². The number of fused-ring (bicyclic) bond motifs is 1. The van der Waals surface area contributed by atoms with Crippen LogP contribution in [0.25, 0.3) is 22.0 Å². The summed E-state index contributed by atoms with van der Waals surface area (Å²) in [5.41, 5.74) is 5.26. The molecule has 0 aliphatic carbocycles. The van der Waals surface area contributed by atoms with Crippen LogP contribution in [0.15, 0.2) is 72.9 Å². The van der Waals surface area contributed by atoms with E-state index in [4.69, 9.17) is 21.1 Å². The molecule has 0 aliphatic heterocycles. The van der Waals surface area contributed by atoms with Crippen LogP contribution in [0.3, 0.4) is 0 Å². The minimum Gasteiger partial charge on any atom is -0.488 e. The van der Waals surface area contributed by atoms with Crippen LogP contribution in [0, 0.1) is 0 Å². The second-order valence-corrected chi connectivity index (χ2v) is 8.07. The lowest BCUT2D eigenvalue weighted by Crippen LogP contribution is -2.03. The highest BCUT2D eigenvalue weighted by Gasteiger charge is 2.12. The van der Waals surface area contributed by atoms with Gasteiger partial charge in [0, 0.05) is 46.2 Å². The molecule has 0 aliphatic rings. The Kier molecular flexibility index (Phi) is 6.81. The van der Waals surface area contributed by atoms with Crippen LogP contribution in [0.1, 0.15) is 24.5 Å². The van der Waals surface area contributed by atoms with Crippen LogP contribution < -0.4 is 4.74 Å². The molecule has 0 unspecified atom stereocenters. The molecule has 3 aromatic carbocycles. The Morgan fingerprint density at radius 1 is 1.03 bits per heavy atom. The molecule has 1 heterocycles. The van der Waals surface area contributed by atoms with Gasteiger partial charge in [0.2, 0.25) is 0 Å². The van der Waals surface area contributed by atoms with Gasteiger partial charge in [-0.25, -0.2) is 0 Å². The average molecular weight is 448 g/mol. The fourth-order valence-corrected chi connectivity index (χ4v) is 4.04. The largest absolute Gasteiger partial charge is 0.488 e. The van der Waals surface area contributed by atoms with E-state index < -0.39 is 0 Å². The molecule has 4 aromatic rings. The van der Waals surface area contributed by atoms with Gasteiger partial charge >= 0.3 is 5.97 Å². The second kappa shape index (κ2) is 9.92. The third kappa shape index (κ3) is 4.81. The van der Waals surface area contributed by atoms with Crippen LogP contribution >= 0.6 is 11.6 Å². The third-order valence-electron chi connectivity index (χ3n) is 5.65. The van der Waals surface area contributed by atoms with Crippen molar-refractivity contribution in [2.24, 2.45) is 0 Å². The topological polar surface area (TPSA) is 40.5 Å². The molecule has 0 bridgehead atoms. The Labute approximate surface area is 193 Å². The van der Waals surface area contributed by atoms with Crippen LogP contribution in [0.4, 0.5) is 0 Å². The molecular formula is C27H26ClNO3. The Bertz CT molecular complexity index is 1240. The summed E-state index contributed by atoms with van der Waals surface area (Å²) >= 11 is 6.31. The van der Waals surface area contributed by atoms with Crippen molar-refractivity contribution >= 4 is 28.5 Å². The van der Waals surface area contributed by atoms with E-state index in [-0.39, 0.29) is 5.97 Å². The minimum atomic E-state index is -0.215. The molecule has 0 saturated heterocycles. The zero-order valence-corrected chi connectivity index (χ0v) is 19.1. The van der Waals surface area contributed by atoms with Gasteiger partial charge in [0.25, 0.3) is 0 Å². The van der Waals surface area contributed by atoms with Crippen molar-refractivity contribution in [3.8, 4) is 16.9 Å². The monoisotopic (exact) mass is 447 g/mol. The number of ether oxygens (including phenoxy) is 2. The SMILES string of the molecule is CCn1ccc2cc(-c3cc(CCC(=O)OC)ccc3OCc3ccccc3Cl)ccc21. The maximum atomic E-state index is 11.6. The van der Waals surface area contributed by atoms with E-state index >= 15 is 0 Å². The minimum absolute atomic E-state index is 0.215. The van der Waals surface area contributed by atoms with Gasteiger partial charge in [0.15, 0.2) is 0 Å². The lowest BCUT2D eigenvalue weighted by Gasteiger charge is -2.15. The van der Waals surface area contributed by atoms with E-state index in [1.807, 2.05) is 36.4 Å². The number of aryl methyl sites for hydroxylation is 2. The lowest BCUT2D eigenvalue weighted by atomic mass is 9.98. The molecule has 0 fully saturated rings. The van der Waals surface area contributed by atoms with Gasteiger partial charge in [-0.3, -0.25) is 4.79 Å². The molecule has 0 spiro atoms. The van der Waals surface area contributed by atoms with E-state index in [0.717, 1.165) is 34.5 Å². The summed E-state index contributed by atoms with van der Waals surface area (Å²) < 4.78 is 13.2. The number of nitrogens with zero attached hydrogens (tertiary/aromatic N) is 1. The molecule has 0 amide bonds. The van der Waals surface area contributed by atoms with E-state index in [0.29, 0.717) is 24.5 Å². The van der Waals surface area contributed by atoms with Crippen LogP contribution in [-0.4, -0.2) is 17.6 Å². The molecule has 4 rings (SSSR count).